The highest BCUT2D eigenvalue weighted by molar-refractivity contribution is 6.49. The number of oxime groups is 1. The van der Waals surface area contributed by atoms with Gasteiger partial charge in [-0.15, -0.1) is 0 Å². The number of ketones is 1. The molecule has 0 saturated heterocycles. The number of rotatable bonds is 1. The number of aryl methyl sites for hydroxylation is 1. The average molecular weight is 267 g/mol. The van der Waals surface area contributed by atoms with Gasteiger partial charge in [-0.25, -0.2) is 0 Å². The third kappa shape index (κ3) is 1.86. The molecule has 0 bridgehead atoms. The maximum Gasteiger partial charge on any atom is 0.211 e. The monoisotopic (exact) mass is 267 g/mol. The van der Waals surface area contributed by atoms with Crippen LogP contribution in [0.1, 0.15) is 21.5 Å². The van der Waals surface area contributed by atoms with E-state index in [2.05, 4.69) is 5.16 Å². The fourth-order valence-electron chi connectivity index (χ4n) is 2.58. The Bertz CT molecular complexity index is 747. The van der Waals surface area contributed by atoms with Crippen LogP contribution in [0, 0.1) is 6.92 Å². The van der Waals surface area contributed by atoms with E-state index in [4.69, 9.17) is 5.21 Å². The number of carbonyl (C=O) groups is 1. The highest BCUT2D eigenvalue weighted by atomic mass is 16.4. The maximum atomic E-state index is 12.0. The van der Waals surface area contributed by atoms with Gasteiger partial charge in [0.2, 0.25) is 5.78 Å². The summed E-state index contributed by atoms with van der Waals surface area (Å²) in [6.07, 6.45) is 0.375. The van der Waals surface area contributed by atoms with Crippen LogP contribution >= 0.6 is 0 Å². The van der Waals surface area contributed by atoms with Crippen LogP contribution in [0.2, 0.25) is 0 Å². The first-order chi connectivity index (χ1) is 9.60. The van der Waals surface area contributed by atoms with Gasteiger partial charge in [0.25, 0.3) is 0 Å². The molecule has 0 aromatic heterocycles. The summed E-state index contributed by atoms with van der Waals surface area (Å²) in [6, 6.07) is 10.8. The first-order valence-corrected chi connectivity index (χ1v) is 6.28. The molecule has 2 aromatic carbocycles. The van der Waals surface area contributed by atoms with Crippen molar-refractivity contribution in [2.75, 3.05) is 0 Å². The number of carbonyl (C=O) groups excluding carboxylic acids is 1. The van der Waals surface area contributed by atoms with E-state index in [1.165, 1.54) is 0 Å². The first-order valence-electron chi connectivity index (χ1n) is 6.28. The number of fused-ring (bicyclic) bond motifs is 1. The van der Waals surface area contributed by atoms with E-state index in [9.17, 15) is 9.90 Å². The molecule has 2 aromatic rings. The molecule has 0 spiro atoms. The Morgan fingerprint density at radius 3 is 2.60 bits per heavy atom. The van der Waals surface area contributed by atoms with Crippen LogP contribution in [0.15, 0.2) is 41.6 Å². The number of phenols is 1. The van der Waals surface area contributed by atoms with Crippen molar-refractivity contribution in [1.29, 1.82) is 0 Å². The Labute approximate surface area is 116 Å². The molecule has 3 rings (SSSR count). The summed E-state index contributed by atoms with van der Waals surface area (Å²) in [5, 5.41) is 21.3. The number of Topliss-reactive ketones (excluding diaryl/α,β-unsaturated/α-hetero) is 1. The predicted molar refractivity (Wildman–Crippen MR) is 75.5 cm³/mol. The molecule has 0 atom stereocenters. The molecule has 4 heteroatoms. The van der Waals surface area contributed by atoms with Crippen LogP contribution in [0.3, 0.4) is 0 Å². The van der Waals surface area contributed by atoms with E-state index < -0.39 is 0 Å². The van der Waals surface area contributed by atoms with Gasteiger partial charge in [-0.1, -0.05) is 23.4 Å². The number of aromatic hydroxyl groups is 1. The van der Waals surface area contributed by atoms with Gasteiger partial charge in [0.1, 0.15) is 11.5 Å². The Hall–Kier alpha value is -2.62. The maximum absolute atomic E-state index is 12.0. The summed E-state index contributed by atoms with van der Waals surface area (Å²) in [6.45, 7) is 1.91. The minimum absolute atomic E-state index is 0.180. The van der Waals surface area contributed by atoms with Gasteiger partial charge < -0.3 is 10.3 Å². The quantitative estimate of drug-likeness (QED) is 0.616. The molecule has 0 heterocycles. The number of benzene rings is 2. The van der Waals surface area contributed by atoms with Crippen molar-refractivity contribution < 1.29 is 15.1 Å². The zero-order valence-corrected chi connectivity index (χ0v) is 10.9. The number of hydrogen-bond donors (Lipinski definition) is 2. The first kappa shape index (κ1) is 12.4. The molecule has 1 aliphatic rings. The van der Waals surface area contributed by atoms with Crippen molar-refractivity contribution in [2.24, 2.45) is 5.16 Å². The lowest BCUT2D eigenvalue weighted by Crippen LogP contribution is -2.06. The zero-order valence-electron chi connectivity index (χ0n) is 10.9. The highest BCUT2D eigenvalue weighted by Gasteiger charge is 2.27. The molecule has 0 amide bonds. The summed E-state index contributed by atoms with van der Waals surface area (Å²) < 4.78 is 0. The van der Waals surface area contributed by atoms with E-state index in [0.717, 1.165) is 22.3 Å². The largest absolute Gasteiger partial charge is 0.508 e. The minimum atomic E-state index is -0.221. The van der Waals surface area contributed by atoms with E-state index in [1.807, 2.05) is 31.2 Å². The standard InChI is InChI=1S/C16H13NO3/c1-9-6-12(18)4-5-13(9)10-2-3-11-8-15(17-20)16(19)14(11)7-10/h2-7,18,20H,8H2,1H3/b17-15-. The van der Waals surface area contributed by atoms with Crippen molar-refractivity contribution in [2.45, 2.75) is 13.3 Å². The number of phenolic OH excluding ortho intramolecular Hbond substituents is 1. The molecule has 100 valence electrons. The molecule has 0 radical (unpaired) electrons. The SMILES string of the molecule is Cc1cc(O)ccc1-c1ccc2c(c1)C(=O)/C(=N\O)C2. The summed E-state index contributed by atoms with van der Waals surface area (Å²) in [4.78, 5) is 12.0. The van der Waals surface area contributed by atoms with Crippen molar-refractivity contribution in [1.82, 2.24) is 0 Å². The highest BCUT2D eigenvalue weighted by Crippen LogP contribution is 2.30. The van der Waals surface area contributed by atoms with Gasteiger partial charge in [0.15, 0.2) is 0 Å². The summed E-state index contributed by atoms with van der Waals surface area (Å²) in [5.41, 5.74) is 4.46. The van der Waals surface area contributed by atoms with Gasteiger partial charge in [-0.3, -0.25) is 4.79 Å². The fraction of sp³-hybridized carbons (Fsp3) is 0.125. The second-order valence-corrected chi connectivity index (χ2v) is 4.92. The van der Waals surface area contributed by atoms with Crippen LogP contribution in [0.4, 0.5) is 0 Å². The third-order valence-electron chi connectivity index (χ3n) is 3.62. The molecule has 1 aliphatic carbocycles. The Kier molecular flexibility index (Phi) is 2.79. The van der Waals surface area contributed by atoms with Gasteiger partial charge in [0, 0.05) is 12.0 Å². The van der Waals surface area contributed by atoms with Crippen LogP contribution in [-0.2, 0) is 6.42 Å². The van der Waals surface area contributed by atoms with E-state index in [1.54, 1.807) is 12.1 Å². The van der Waals surface area contributed by atoms with Gasteiger partial charge >= 0.3 is 0 Å². The molecule has 0 aliphatic heterocycles. The molecule has 4 nitrogen and oxygen atoms in total. The van der Waals surface area contributed by atoms with Crippen molar-refractivity contribution in [3.63, 3.8) is 0 Å². The second kappa shape index (κ2) is 4.49. The molecular weight excluding hydrogens is 254 g/mol. The van der Waals surface area contributed by atoms with Crippen LogP contribution in [0.25, 0.3) is 11.1 Å². The van der Waals surface area contributed by atoms with Crippen molar-refractivity contribution in [3.05, 3.63) is 53.1 Å². The van der Waals surface area contributed by atoms with Crippen LogP contribution in [-0.4, -0.2) is 21.8 Å². The van der Waals surface area contributed by atoms with E-state index in [0.29, 0.717) is 12.0 Å². The molecule has 0 saturated carbocycles. The Morgan fingerprint density at radius 1 is 1.10 bits per heavy atom. The number of nitrogens with zero attached hydrogens (tertiary/aromatic N) is 1. The van der Waals surface area contributed by atoms with Crippen molar-refractivity contribution in [3.8, 4) is 16.9 Å². The predicted octanol–water partition coefficient (Wildman–Crippen LogP) is 2.94. The van der Waals surface area contributed by atoms with Crippen molar-refractivity contribution >= 4 is 11.5 Å². The van der Waals surface area contributed by atoms with E-state index in [-0.39, 0.29) is 17.2 Å². The molecule has 0 unspecified atom stereocenters. The summed E-state index contributed by atoms with van der Waals surface area (Å²) in [5.74, 6) is -0.000956. The van der Waals surface area contributed by atoms with Crippen LogP contribution in [0.5, 0.6) is 5.75 Å². The lowest BCUT2D eigenvalue weighted by atomic mass is 9.97. The van der Waals surface area contributed by atoms with Gasteiger partial charge in [-0.2, -0.15) is 0 Å². The molecule has 0 fully saturated rings. The molecule has 20 heavy (non-hydrogen) atoms. The Morgan fingerprint density at radius 2 is 1.90 bits per heavy atom. The third-order valence-corrected chi connectivity index (χ3v) is 3.62. The lowest BCUT2D eigenvalue weighted by molar-refractivity contribution is 0.106. The lowest BCUT2D eigenvalue weighted by Gasteiger charge is -2.08. The molecular formula is C16H13NO3. The van der Waals surface area contributed by atoms with Gasteiger partial charge in [0.05, 0.1) is 0 Å². The Balaban J connectivity index is 2.11. The summed E-state index contributed by atoms with van der Waals surface area (Å²) in [7, 11) is 0. The molecule has 2 N–H and O–H groups in total. The number of hydrogen-bond acceptors (Lipinski definition) is 4. The smallest absolute Gasteiger partial charge is 0.211 e. The van der Waals surface area contributed by atoms with Gasteiger partial charge in [-0.05, 0) is 47.4 Å². The minimum Gasteiger partial charge on any atom is -0.508 e. The second-order valence-electron chi connectivity index (χ2n) is 4.92. The summed E-state index contributed by atoms with van der Waals surface area (Å²) >= 11 is 0. The average Bonchev–Trinajstić information content (AvgIpc) is 2.75. The van der Waals surface area contributed by atoms with E-state index >= 15 is 0 Å². The van der Waals surface area contributed by atoms with Crippen LogP contribution < -0.4 is 0 Å². The normalized spacial score (nSPS) is 15.7. The zero-order chi connectivity index (χ0) is 14.3. The topological polar surface area (TPSA) is 69.9 Å². The fourth-order valence-corrected chi connectivity index (χ4v) is 2.58.